The van der Waals surface area contributed by atoms with Gasteiger partial charge in [0.1, 0.15) is 0 Å². The minimum atomic E-state index is 0.194. The van der Waals surface area contributed by atoms with Gasteiger partial charge in [0, 0.05) is 18.9 Å². The van der Waals surface area contributed by atoms with Gasteiger partial charge in [-0.1, -0.05) is 26.7 Å². The molecule has 0 radical (unpaired) electrons. The molecule has 1 unspecified atom stereocenters. The summed E-state index contributed by atoms with van der Waals surface area (Å²) in [5.74, 6) is 6.15. The average molecular weight is 209 g/mol. The van der Waals surface area contributed by atoms with Gasteiger partial charge in [0.15, 0.2) is 0 Å². The lowest BCUT2D eigenvalue weighted by Gasteiger charge is -2.13. The number of hydrogen-bond donors (Lipinski definition) is 1. The van der Waals surface area contributed by atoms with Crippen LogP contribution in [0.15, 0.2) is 0 Å². The highest BCUT2D eigenvalue weighted by Crippen LogP contribution is 2.12. The number of carbonyl (C=O) groups is 1. The molecule has 0 heterocycles. The van der Waals surface area contributed by atoms with E-state index in [1.165, 1.54) is 0 Å². The number of hydrogen-bond acceptors (Lipinski definition) is 1. The van der Waals surface area contributed by atoms with Crippen LogP contribution in [-0.4, -0.2) is 12.5 Å². The van der Waals surface area contributed by atoms with Crippen molar-refractivity contribution in [3.05, 3.63) is 0 Å². The molecule has 86 valence electrons. The molecule has 2 heteroatoms. The van der Waals surface area contributed by atoms with Crippen LogP contribution in [0.25, 0.3) is 0 Å². The summed E-state index contributed by atoms with van der Waals surface area (Å²) >= 11 is 0. The van der Waals surface area contributed by atoms with Gasteiger partial charge in [0.2, 0.25) is 5.91 Å². The van der Waals surface area contributed by atoms with E-state index in [2.05, 4.69) is 31.0 Å². The molecule has 0 fully saturated rings. The maximum Gasteiger partial charge on any atom is 0.223 e. The van der Waals surface area contributed by atoms with Crippen LogP contribution in [0.3, 0.4) is 0 Å². The molecule has 1 atom stereocenters. The summed E-state index contributed by atoms with van der Waals surface area (Å²) in [7, 11) is 0. The highest BCUT2D eigenvalue weighted by molar-refractivity contribution is 5.78. The fraction of sp³-hybridized carbons (Fsp3) is 0.769. The largest absolute Gasteiger partial charge is 0.355 e. The van der Waals surface area contributed by atoms with Gasteiger partial charge in [0.25, 0.3) is 0 Å². The Balaban J connectivity index is 3.75. The lowest BCUT2D eigenvalue weighted by atomic mass is 9.98. The fourth-order valence-electron chi connectivity index (χ4n) is 1.49. The first-order valence-corrected chi connectivity index (χ1v) is 5.93. The minimum absolute atomic E-state index is 0.194. The van der Waals surface area contributed by atoms with E-state index < -0.39 is 0 Å². The zero-order chi connectivity index (χ0) is 11.5. The maximum atomic E-state index is 11.7. The second kappa shape index (κ2) is 9.58. The Morgan fingerprint density at radius 1 is 1.40 bits per heavy atom. The van der Waals surface area contributed by atoms with Gasteiger partial charge in [0.05, 0.1) is 0 Å². The van der Waals surface area contributed by atoms with Crippen molar-refractivity contribution in [1.29, 1.82) is 0 Å². The Labute approximate surface area is 93.8 Å². The summed E-state index contributed by atoms with van der Waals surface area (Å²) in [6.45, 7) is 6.73. The Hall–Kier alpha value is -0.970. The molecule has 0 aromatic carbocycles. The summed E-state index contributed by atoms with van der Waals surface area (Å²) in [6, 6.07) is 0. The molecule has 0 aliphatic heterocycles. The molecule has 0 aliphatic carbocycles. The highest BCUT2D eigenvalue weighted by Gasteiger charge is 2.14. The van der Waals surface area contributed by atoms with Crippen LogP contribution in [0.5, 0.6) is 0 Å². The van der Waals surface area contributed by atoms with E-state index in [0.29, 0.717) is 6.54 Å². The average Bonchev–Trinajstić information content (AvgIpc) is 2.25. The molecule has 0 saturated carbocycles. The predicted molar refractivity (Wildman–Crippen MR) is 64.4 cm³/mol. The number of carbonyl (C=O) groups excluding carboxylic acids is 1. The quantitative estimate of drug-likeness (QED) is 0.507. The molecule has 2 nitrogen and oxygen atoms in total. The van der Waals surface area contributed by atoms with Crippen molar-refractivity contribution in [2.75, 3.05) is 6.54 Å². The van der Waals surface area contributed by atoms with Gasteiger partial charge in [-0.2, -0.15) is 0 Å². The van der Waals surface area contributed by atoms with Crippen molar-refractivity contribution in [3.8, 4) is 11.8 Å². The van der Waals surface area contributed by atoms with E-state index in [0.717, 1.165) is 32.1 Å². The highest BCUT2D eigenvalue weighted by atomic mass is 16.1. The Kier molecular flexibility index (Phi) is 8.96. The van der Waals surface area contributed by atoms with Crippen LogP contribution >= 0.6 is 0 Å². The molecule has 0 aromatic heterocycles. The van der Waals surface area contributed by atoms with Crippen molar-refractivity contribution < 1.29 is 4.79 Å². The van der Waals surface area contributed by atoms with Crippen LogP contribution in [0.1, 0.15) is 52.9 Å². The van der Waals surface area contributed by atoms with E-state index >= 15 is 0 Å². The van der Waals surface area contributed by atoms with Crippen LogP contribution in [0, 0.1) is 17.8 Å². The molecule has 1 amide bonds. The Morgan fingerprint density at radius 2 is 2.13 bits per heavy atom. The predicted octanol–water partition coefficient (Wildman–Crippen LogP) is 2.73. The molecular weight excluding hydrogens is 186 g/mol. The molecule has 0 aromatic rings. The van der Waals surface area contributed by atoms with E-state index in [9.17, 15) is 4.79 Å². The number of amides is 1. The third-order valence-electron chi connectivity index (χ3n) is 2.50. The van der Waals surface area contributed by atoms with Gasteiger partial charge < -0.3 is 5.32 Å². The number of unbranched alkanes of at least 4 members (excludes halogenated alkanes) is 1. The first-order valence-electron chi connectivity index (χ1n) is 5.93. The number of nitrogens with one attached hydrogen (secondary N) is 1. The molecule has 0 bridgehead atoms. The van der Waals surface area contributed by atoms with Crippen LogP contribution < -0.4 is 5.32 Å². The normalized spacial score (nSPS) is 11.4. The summed E-state index contributed by atoms with van der Waals surface area (Å²) in [4.78, 5) is 11.7. The molecular formula is C13H23NO. The van der Waals surface area contributed by atoms with Crippen molar-refractivity contribution >= 4 is 5.91 Å². The van der Waals surface area contributed by atoms with Crippen LogP contribution in [0.2, 0.25) is 0 Å². The summed E-state index contributed by atoms with van der Waals surface area (Å²) in [6.07, 6.45) is 5.00. The van der Waals surface area contributed by atoms with Gasteiger partial charge in [-0.3, -0.25) is 4.79 Å². The minimum Gasteiger partial charge on any atom is -0.355 e. The van der Waals surface area contributed by atoms with Crippen molar-refractivity contribution in [1.82, 2.24) is 5.32 Å². The van der Waals surface area contributed by atoms with E-state index in [1.54, 1.807) is 0 Å². The molecule has 1 N–H and O–H groups in total. The van der Waals surface area contributed by atoms with E-state index in [4.69, 9.17) is 0 Å². The Bertz CT molecular complexity index is 224. The molecule has 0 rings (SSSR count). The van der Waals surface area contributed by atoms with Crippen LogP contribution in [-0.2, 0) is 4.79 Å². The zero-order valence-corrected chi connectivity index (χ0v) is 10.2. The van der Waals surface area contributed by atoms with Crippen molar-refractivity contribution in [2.24, 2.45) is 5.92 Å². The van der Waals surface area contributed by atoms with E-state index in [1.807, 2.05) is 6.92 Å². The SMILES string of the molecule is CC#CCCNC(=O)C(CC)CCCC. The third kappa shape index (κ3) is 7.02. The van der Waals surface area contributed by atoms with E-state index in [-0.39, 0.29) is 11.8 Å². The molecule has 0 saturated heterocycles. The second-order valence-corrected chi connectivity index (χ2v) is 3.72. The number of rotatable bonds is 7. The molecule has 0 aliphatic rings. The van der Waals surface area contributed by atoms with Gasteiger partial charge in [-0.05, 0) is 19.8 Å². The van der Waals surface area contributed by atoms with Gasteiger partial charge in [-0.15, -0.1) is 11.8 Å². The molecule has 0 spiro atoms. The standard InChI is InChI=1S/C13H23NO/c1-4-7-9-11-14-13(15)12(6-3)10-8-5-2/h12H,5-6,8-11H2,1-3H3,(H,14,15). The summed E-state index contributed by atoms with van der Waals surface area (Å²) in [5, 5.41) is 2.94. The van der Waals surface area contributed by atoms with Gasteiger partial charge in [-0.25, -0.2) is 0 Å². The second-order valence-electron chi connectivity index (χ2n) is 3.72. The lowest BCUT2D eigenvalue weighted by Crippen LogP contribution is -2.31. The fourth-order valence-corrected chi connectivity index (χ4v) is 1.49. The first kappa shape index (κ1) is 14.0. The van der Waals surface area contributed by atoms with Gasteiger partial charge >= 0.3 is 0 Å². The lowest BCUT2D eigenvalue weighted by molar-refractivity contribution is -0.125. The summed E-state index contributed by atoms with van der Waals surface area (Å²) in [5.41, 5.74) is 0. The molecule has 15 heavy (non-hydrogen) atoms. The summed E-state index contributed by atoms with van der Waals surface area (Å²) < 4.78 is 0. The van der Waals surface area contributed by atoms with Crippen molar-refractivity contribution in [2.45, 2.75) is 52.9 Å². The van der Waals surface area contributed by atoms with Crippen LogP contribution in [0.4, 0.5) is 0 Å². The first-order chi connectivity index (χ1) is 7.26. The Morgan fingerprint density at radius 3 is 2.67 bits per heavy atom. The third-order valence-corrected chi connectivity index (χ3v) is 2.50. The smallest absolute Gasteiger partial charge is 0.223 e. The monoisotopic (exact) mass is 209 g/mol. The zero-order valence-electron chi connectivity index (χ0n) is 10.2. The maximum absolute atomic E-state index is 11.7. The topological polar surface area (TPSA) is 29.1 Å². The van der Waals surface area contributed by atoms with Crippen molar-refractivity contribution in [3.63, 3.8) is 0 Å².